The van der Waals surface area contributed by atoms with Gasteiger partial charge in [0, 0.05) is 39.5 Å². The summed E-state index contributed by atoms with van der Waals surface area (Å²) in [6, 6.07) is 56.5. The highest BCUT2D eigenvalue weighted by molar-refractivity contribution is 6.10. The number of hydrogen-bond donors (Lipinski definition) is 1. The van der Waals surface area contributed by atoms with Crippen LogP contribution in [0.5, 0.6) is 5.75 Å². The fourth-order valence-electron chi connectivity index (χ4n) is 9.38. The molecule has 0 spiro atoms. The molecule has 0 atom stereocenters. The number of pyridine rings is 1. The first kappa shape index (κ1) is 42.7. The summed E-state index contributed by atoms with van der Waals surface area (Å²) in [5.41, 5.74) is 17.4. The molecule has 0 bridgehead atoms. The Hall–Kier alpha value is -7.24. The van der Waals surface area contributed by atoms with Gasteiger partial charge in [-0.1, -0.05) is 153 Å². The van der Waals surface area contributed by atoms with Crippen LogP contribution in [-0.2, 0) is 16.2 Å². The molecule has 0 amide bonds. The molecule has 0 aliphatic heterocycles. The van der Waals surface area contributed by atoms with Gasteiger partial charge in [-0.3, -0.25) is 9.55 Å². The first-order valence-electron chi connectivity index (χ1n) is 23.1. The lowest BCUT2D eigenvalue weighted by molar-refractivity contribution is 0.477. The second kappa shape index (κ2) is 15.7. The van der Waals surface area contributed by atoms with Crippen LogP contribution in [0.15, 0.2) is 164 Å². The highest BCUT2D eigenvalue weighted by Crippen LogP contribution is 2.44. The Labute approximate surface area is 389 Å². The maximum Gasteiger partial charge on any atom is 0.149 e. The van der Waals surface area contributed by atoms with Crippen molar-refractivity contribution < 1.29 is 5.11 Å². The van der Waals surface area contributed by atoms with Crippen LogP contribution in [0.25, 0.3) is 89.1 Å². The van der Waals surface area contributed by atoms with E-state index in [1.807, 2.05) is 24.4 Å². The molecule has 0 aliphatic carbocycles. The minimum absolute atomic E-state index is 0.130. The van der Waals surface area contributed by atoms with Gasteiger partial charge < -0.3 is 9.67 Å². The van der Waals surface area contributed by atoms with E-state index in [0.29, 0.717) is 11.4 Å². The van der Waals surface area contributed by atoms with E-state index in [4.69, 9.17) is 9.97 Å². The standard InChI is InChI=1S/C61H58N4O/c1-38-18-17-19-39(28-38)40-26-27-62-52(32-40)42-29-41(30-43(31-42)59(2,3)4)51-36-47(64-53-23-14-11-20-48(53)49-21-12-15-24-54(49)64)37-55-57(51)63-58(50-22-13-16-25-56(50)66)65(55)46-34-44(60(5,6)7)33-45(35-46)61(8,9)10/h11-37,66H,1-10H3. The number of aromatic hydroxyl groups is 1. The summed E-state index contributed by atoms with van der Waals surface area (Å²) < 4.78 is 4.69. The highest BCUT2D eigenvalue weighted by Gasteiger charge is 2.27. The largest absolute Gasteiger partial charge is 0.507 e. The lowest BCUT2D eigenvalue weighted by Crippen LogP contribution is -2.17. The van der Waals surface area contributed by atoms with Gasteiger partial charge >= 0.3 is 0 Å². The third-order valence-electron chi connectivity index (χ3n) is 13.2. The zero-order chi connectivity index (χ0) is 46.3. The lowest BCUT2D eigenvalue weighted by atomic mass is 9.80. The van der Waals surface area contributed by atoms with E-state index in [1.165, 1.54) is 38.6 Å². The van der Waals surface area contributed by atoms with Crippen molar-refractivity contribution in [3.63, 3.8) is 0 Å². The molecule has 5 nitrogen and oxygen atoms in total. The van der Waals surface area contributed by atoms with E-state index in [-0.39, 0.29) is 22.0 Å². The number of nitrogens with zero attached hydrogens (tertiary/aromatic N) is 4. The lowest BCUT2D eigenvalue weighted by Gasteiger charge is -2.27. The van der Waals surface area contributed by atoms with Crippen LogP contribution in [0, 0.1) is 6.92 Å². The molecule has 0 aliphatic rings. The highest BCUT2D eigenvalue weighted by atomic mass is 16.3. The maximum atomic E-state index is 11.7. The molecule has 10 aromatic rings. The third kappa shape index (κ3) is 7.66. The number of benzene rings is 7. The smallest absolute Gasteiger partial charge is 0.149 e. The van der Waals surface area contributed by atoms with Crippen LogP contribution in [0.3, 0.4) is 0 Å². The van der Waals surface area contributed by atoms with Crippen LogP contribution in [-0.4, -0.2) is 24.2 Å². The van der Waals surface area contributed by atoms with Gasteiger partial charge in [0.25, 0.3) is 0 Å². The monoisotopic (exact) mass is 862 g/mol. The summed E-state index contributed by atoms with van der Waals surface area (Å²) >= 11 is 0. The quantitative estimate of drug-likeness (QED) is 0.181. The number of fused-ring (bicyclic) bond motifs is 4. The minimum atomic E-state index is -0.181. The number of imidazole rings is 1. The van der Waals surface area contributed by atoms with Gasteiger partial charge in [-0.2, -0.15) is 0 Å². The Balaban J connectivity index is 1.35. The van der Waals surface area contributed by atoms with E-state index in [9.17, 15) is 5.11 Å². The van der Waals surface area contributed by atoms with Gasteiger partial charge in [0.15, 0.2) is 0 Å². The molecule has 0 saturated carbocycles. The van der Waals surface area contributed by atoms with Crippen LogP contribution in [0.2, 0.25) is 0 Å². The zero-order valence-electron chi connectivity index (χ0n) is 39.8. The second-order valence-corrected chi connectivity index (χ2v) is 21.1. The Morgan fingerprint density at radius 1 is 0.439 bits per heavy atom. The molecule has 3 heterocycles. The van der Waals surface area contributed by atoms with Gasteiger partial charge in [0.1, 0.15) is 11.6 Å². The number of para-hydroxylation sites is 3. The van der Waals surface area contributed by atoms with Crippen LogP contribution >= 0.6 is 0 Å². The molecule has 7 aromatic carbocycles. The number of phenols is 1. The van der Waals surface area contributed by atoms with Gasteiger partial charge in [-0.15, -0.1) is 0 Å². The predicted molar refractivity (Wildman–Crippen MR) is 277 cm³/mol. The first-order valence-corrected chi connectivity index (χ1v) is 23.1. The SMILES string of the molecule is Cc1cccc(-c2ccnc(-c3cc(-c4cc(-n5c6ccccc6c6ccccc65)cc5c4nc(-c4ccccc4O)n5-c4cc(C(C)(C)C)cc(C(C)(C)C)c4)cc(C(C)(C)C)c3)c2)c1. The Morgan fingerprint density at radius 2 is 1.02 bits per heavy atom. The van der Waals surface area contributed by atoms with Crippen molar-refractivity contribution in [2.75, 3.05) is 0 Å². The fraction of sp³-hybridized carbons (Fsp3) is 0.213. The average Bonchev–Trinajstić information content (AvgIpc) is 3.84. The predicted octanol–water partition coefficient (Wildman–Crippen LogP) is 16.1. The Bertz CT molecular complexity index is 3420. The number of aromatic nitrogens is 4. The van der Waals surface area contributed by atoms with Crippen molar-refractivity contribution in [1.29, 1.82) is 0 Å². The van der Waals surface area contributed by atoms with Crippen molar-refractivity contribution in [3.8, 4) is 62.0 Å². The summed E-state index contributed by atoms with van der Waals surface area (Å²) in [4.78, 5) is 10.7. The van der Waals surface area contributed by atoms with Gasteiger partial charge in [0.2, 0.25) is 0 Å². The van der Waals surface area contributed by atoms with E-state index in [0.717, 1.165) is 61.4 Å². The topological polar surface area (TPSA) is 55.9 Å². The molecule has 10 rings (SSSR count). The van der Waals surface area contributed by atoms with E-state index < -0.39 is 0 Å². The fourth-order valence-corrected chi connectivity index (χ4v) is 9.38. The number of rotatable bonds is 6. The Morgan fingerprint density at radius 3 is 1.65 bits per heavy atom. The minimum Gasteiger partial charge on any atom is -0.507 e. The van der Waals surface area contributed by atoms with Gasteiger partial charge in [-0.25, -0.2) is 4.98 Å². The van der Waals surface area contributed by atoms with Gasteiger partial charge in [-0.05, 0) is 129 Å². The summed E-state index contributed by atoms with van der Waals surface area (Å²) in [5.74, 6) is 0.854. The normalized spacial score (nSPS) is 12.5. The molecule has 1 N–H and O–H groups in total. The molecule has 3 aromatic heterocycles. The van der Waals surface area contributed by atoms with Crippen molar-refractivity contribution in [2.45, 2.75) is 85.5 Å². The van der Waals surface area contributed by atoms with Crippen LogP contribution in [0.1, 0.15) is 84.6 Å². The average molecular weight is 863 g/mol. The molecule has 0 fully saturated rings. The van der Waals surface area contributed by atoms with E-state index in [1.54, 1.807) is 6.07 Å². The molecule has 0 radical (unpaired) electrons. The molecule has 66 heavy (non-hydrogen) atoms. The molecular weight excluding hydrogens is 805 g/mol. The summed E-state index contributed by atoms with van der Waals surface area (Å²) in [5, 5.41) is 14.1. The van der Waals surface area contributed by atoms with Crippen molar-refractivity contribution in [1.82, 2.24) is 19.1 Å². The van der Waals surface area contributed by atoms with E-state index >= 15 is 0 Å². The van der Waals surface area contributed by atoms with Crippen LogP contribution in [0.4, 0.5) is 0 Å². The van der Waals surface area contributed by atoms with Crippen molar-refractivity contribution in [3.05, 3.63) is 186 Å². The molecule has 5 heteroatoms. The van der Waals surface area contributed by atoms with E-state index in [2.05, 4.69) is 212 Å². The zero-order valence-corrected chi connectivity index (χ0v) is 39.8. The number of hydrogen-bond acceptors (Lipinski definition) is 3. The van der Waals surface area contributed by atoms with Crippen molar-refractivity contribution >= 4 is 32.8 Å². The summed E-state index contributed by atoms with van der Waals surface area (Å²) in [6.07, 6.45) is 1.93. The van der Waals surface area contributed by atoms with Crippen LogP contribution < -0.4 is 0 Å². The first-order chi connectivity index (χ1) is 31.4. The number of phenolic OH excluding ortho intramolecular Hbond substituents is 1. The molecular formula is C61H58N4O. The molecule has 328 valence electrons. The Kier molecular flexibility index (Phi) is 10.2. The summed E-state index contributed by atoms with van der Waals surface area (Å²) in [6.45, 7) is 22.6. The maximum absolute atomic E-state index is 11.7. The molecule has 0 saturated heterocycles. The molecule has 0 unspecified atom stereocenters. The third-order valence-corrected chi connectivity index (χ3v) is 13.2. The van der Waals surface area contributed by atoms with Crippen molar-refractivity contribution in [2.24, 2.45) is 0 Å². The van der Waals surface area contributed by atoms with Gasteiger partial charge in [0.05, 0.1) is 33.3 Å². The second-order valence-electron chi connectivity index (χ2n) is 21.1. The number of aryl methyl sites for hydroxylation is 1. The summed E-state index contributed by atoms with van der Waals surface area (Å²) in [7, 11) is 0.